The van der Waals surface area contributed by atoms with Crippen molar-refractivity contribution in [2.45, 2.75) is 31.3 Å². The van der Waals surface area contributed by atoms with Crippen molar-refractivity contribution < 1.29 is 0 Å². The van der Waals surface area contributed by atoms with Gasteiger partial charge in [0.15, 0.2) is 5.84 Å². The lowest BCUT2D eigenvalue weighted by atomic mass is 9.94. The fourth-order valence-electron chi connectivity index (χ4n) is 5.79. The molecule has 7 rings (SSSR count). The van der Waals surface area contributed by atoms with Gasteiger partial charge in [0.05, 0.1) is 23.8 Å². The van der Waals surface area contributed by atoms with Crippen molar-refractivity contribution in [2.24, 2.45) is 9.98 Å². The summed E-state index contributed by atoms with van der Waals surface area (Å²) in [4.78, 5) is 31.7. The van der Waals surface area contributed by atoms with Crippen LogP contribution in [0.5, 0.6) is 0 Å². The Morgan fingerprint density at radius 1 is 1.10 bits per heavy atom. The number of hydrogen-bond donors (Lipinski definition) is 2. The zero-order valence-electron chi connectivity index (χ0n) is 22.0. The van der Waals surface area contributed by atoms with Gasteiger partial charge in [-0.15, -0.1) is 0 Å². The van der Waals surface area contributed by atoms with E-state index in [0.717, 1.165) is 41.7 Å². The summed E-state index contributed by atoms with van der Waals surface area (Å²) in [6.45, 7) is 9.55. The van der Waals surface area contributed by atoms with Gasteiger partial charge < -0.3 is 10.6 Å². The molecule has 0 saturated carbocycles. The highest BCUT2D eigenvalue weighted by Gasteiger charge is 2.44. The molecule has 1 unspecified atom stereocenters. The van der Waals surface area contributed by atoms with Crippen LogP contribution in [0.15, 0.2) is 113 Å². The smallest absolute Gasteiger partial charge is 0.335 e. The molecule has 4 heterocycles. The molecule has 0 amide bonds. The van der Waals surface area contributed by atoms with Crippen LogP contribution in [-0.4, -0.2) is 42.9 Å². The number of fused-ring (bicyclic) bond motifs is 2. The molecule has 1 aliphatic carbocycles. The number of nitrogens with one attached hydrogen (secondary N) is 2. The van der Waals surface area contributed by atoms with Crippen molar-refractivity contribution in [1.82, 2.24) is 24.4 Å². The van der Waals surface area contributed by atoms with Crippen LogP contribution in [-0.2, 0) is 19.4 Å². The lowest BCUT2D eigenvalue weighted by molar-refractivity contribution is 0.542. The molecule has 2 aromatic heterocycles. The monoisotopic (exact) mass is 528 g/mol. The molecule has 2 aliphatic heterocycles. The average molecular weight is 529 g/mol. The van der Waals surface area contributed by atoms with Crippen LogP contribution in [0.4, 0.5) is 5.69 Å². The molecule has 198 valence electrons. The summed E-state index contributed by atoms with van der Waals surface area (Å²) in [5.41, 5.74) is 6.78. The van der Waals surface area contributed by atoms with E-state index in [9.17, 15) is 4.79 Å². The second-order valence-corrected chi connectivity index (χ2v) is 10.4. The number of allylic oxidation sites excluding steroid dienone is 2. The predicted molar refractivity (Wildman–Crippen MR) is 158 cm³/mol. The largest absolute Gasteiger partial charge is 0.358 e. The fraction of sp³-hybridized carbons (Fsp3) is 0.194. The van der Waals surface area contributed by atoms with E-state index in [1.54, 1.807) is 27.7 Å². The van der Waals surface area contributed by atoms with Crippen molar-refractivity contribution in [1.29, 1.82) is 0 Å². The standard InChI is InChI=1S/C31H28N8O/c1-20(19-38-26-7-3-4-8-27(26)39(30(38)40)28-9-5-6-12-34-28)35-24-11-10-22-16-31(17-23(22)15-24)21(2)36-29(37-31)25-18-32-13-14-33-25/h3-5,7-11,13-15,18,35H,1-2,6,12,16-17,19H2,(H,36,37). The van der Waals surface area contributed by atoms with Crippen molar-refractivity contribution in [3.05, 3.63) is 125 Å². The van der Waals surface area contributed by atoms with Crippen LogP contribution in [0.1, 0.15) is 23.2 Å². The molecule has 1 atom stereocenters. The third kappa shape index (κ3) is 3.98. The lowest BCUT2D eigenvalue weighted by Crippen LogP contribution is -2.30. The van der Waals surface area contributed by atoms with Gasteiger partial charge in [-0.1, -0.05) is 37.4 Å². The predicted octanol–water partition coefficient (Wildman–Crippen LogP) is 3.83. The summed E-state index contributed by atoms with van der Waals surface area (Å²) < 4.78 is 3.43. The van der Waals surface area contributed by atoms with Gasteiger partial charge in [-0.2, -0.15) is 0 Å². The minimum atomic E-state index is -0.434. The number of rotatable bonds is 5. The molecule has 9 heteroatoms. The number of amidine groups is 1. The number of nitrogens with zero attached hydrogens (tertiary/aromatic N) is 6. The van der Waals surface area contributed by atoms with Crippen LogP contribution >= 0.6 is 0 Å². The summed E-state index contributed by atoms with van der Waals surface area (Å²) >= 11 is 0. The maximum Gasteiger partial charge on any atom is 0.335 e. The van der Waals surface area contributed by atoms with Gasteiger partial charge in [-0.05, 0) is 47.9 Å². The van der Waals surface area contributed by atoms with Crippen molar-refractivity contribution in [3.63, 3.8) is 0 Å². The van der Waals surface area contributed by atoms with Crippen molar-refractivity contribution >= 4 is 28.4 Å². The van der Waals surface area contributed by atoms with Crippen molar-refractivity contribution in [3.8, 4) is 0 Å². The van der Waals surface area contributed by atoms with E-state index < -0.39 is 5.54 Å². The van der Waals surface area contributed by atoms with Gasteiger partial charge in [-0.3, -0.25) is 19.5 Å². The molecule has 2 N–H and O–H groups in total. The van der Waals surface area contributed by atoms with Crippen LogP contribution in [0.2, 0.25) is 0 Å². The van der Waals surface area contributed by atoms with Crippen LogP contribution in [0.25, 0.3) is 11.0 Å². The van der Waals surface area contributed by atoms with Gasteiger partial charge >= 0.3 is 5.69 Å². The maximum absolute atomic E-state index is 13.5. The Balaban J connectivity index is 1.12. The lowest BCUT2D eigenvalue weighted by Gasteiger charge is -2.19. The third-order valence-electron chi connectivity index (χ3n) is 7.71. The van der Waals surface area contributed by atoms with E-state index in [0.29, 0.717) is 36.2 Å². The van der Waals surface area contributed by atoms with Gasteiger partial charge in [0, 0.05) is 48.9 Å². The Hall–Kier alpha value is -5.05. The van der Waals surface area contributed by atoms with E-state index in [1.807, 2.05) is 30.3 Å². The van der Waals surface area contributed by atoms with E-state index in [-0.39, 0.29) is 5.69 Å². The Morgan fingerprint density at radius 2 is 1.95 bits per heavy atom. The van der Waals surface area contributed by atoms with Crippen LogP contribution < -0.4 is 16.3 Å². The molecule has 4 aromatic rings. The maximum atomic E-state index is 13.5. The van der Waals surface area contributed by atoms with Crippen LogP contribution in [0, 0.1) is 0 Å². The minimum absolute atomic E-state index is 0.130. The van der Waals surface area contributed by atoms with Gasteiger partial charge in [0.1, 0.15) is 17.1 Å². The second-order valence-electron chi connectivity index (χ2n) is 10.4. The zero-order chi connectivity index (χ0) is 27.3. The van der Waals surface area contributed by atoms with E-state index in [4.69, 9.17) is 4.99 Å². The second kappa shape index (κ2) is 9.30. The summed E-state index contributed by atoms with van der Waals surface area (Å²) in [6.07, 6.45) is 11.4. The Morgan fingerprint density at radius 3 is 2.75 bits per heavy atom. The number of para-hydroxylation sites is 2. The molecular formula is C31H28N8O. The molecule has 0 saturated heterocycles. The fourth-order valence-corrected chi connectivity index (χ4v) is 5.79. The first-order valence-corrected chi connectivity index (χ1v) is 13.3. The summed E-state index contributed by atoms with van der Waals surface area (Å²) in [7, 11) is 0. The van der Waals surface area contributed by atoms with Gasteiger partial charge in [0.25, 0.3) is 0 Å². The first-order chi connectivity index (χ1) is 19.5. The molecule has 9 nitrogen and oxygen atoms in total. The number of aliphatic imine (C=N–C) groups is 2. The van der Waals surface area contributed by atoms with Crippen LogP contribution in [0.3, 0.4) is 0 Å². The average Bonchev–Trinajstić information content (AvgIpc) is 3.60. The molecule has 0 bridgehead atoms. The number of hydrogen-bond acceptors (Lipinski definition) is 7. The normalized spacial score (nSPS) is 19.4. The van der Waals surface area contributed by atoms with Crippen molar-refractivity contribution in [2.75, 3.05) is 11.9 Å². The van der Waals surface area contributed by atoms with E-state index in [2.05, 4.69) is 63.0 Å². The highest BCUT2D eigenvalue weighted by Crippen LogP contribution is 2.41. The first kappa shape index (κ1) is 24.0. The quantitative estimate of drug-likeness (QED) is 0.410. The third-order valence-corrected chi connectivity index (χ3v) is 7.71. The molecule has 3 aliphatic rings. The molecule has 0 fully saturated rings. The summed E-state index contributed by atoms with van der Waals surface area (Å²) in [5, 5.41) is 6.76. The Labute approximate surface area is 231 Å². The number of aromatic nitrogens is 4. The van der Waals surface area contributed by atoms with Gasteiger partial charge in [0.2, 0.25) is 0 Å². The molecule has 2 aromatic carbocycles. The van der Waals surface area contributed by atoms with E-state index in [1.165, 1.54) is 11.1 Å². The number of imidazole rings is 1. The first-order valence-electron chi connectivity index (χ1n) is 13.3. The number of anilines is 1. The number of benzene rings is 2. The highest BCUT2D eigenvalue weighted by atomic mass is 16.1. The summed E-state index contributed by atoms with van der Waals surface area (Å²) in [6, 6.07) is 14.1. The molecule has 0 radical (unpaired) electrons. The highest BCUT2D eigenvalue weighted by molar-refractivity contribution is 6.01. The summed E-state index contributed by atoms with van der Waals surface area (Å²) in [5.74, 6) is 1.38. The zero-order valence-corrected chi connectivity index (χ0v) is 22.0. The number of dihydropyridines is 1. The SMILES string of the molecule is C=C(Cn1c(=O)n(C2=NCCC=C2)c2ccccc21)Nc1ccc2c(c1)CC1(C2)N=C(c2cnccn2)NC1=C. The van der Waals surface area contributed by atoms with E-state index >= 15 is 0 Å². The van der Waals surface area contributed by atoms with Gasteiger partial charge in [-0.25, -0.2) is 14.3 Å². The molecule has 40 heavy (non-hydrogen) atoms. The minimum Gasteiger partial charge on any atom is -0.358 e. The molecular weight excluding hydrogens is 500 g/mol. The Bertz CT molecular complexity index is 1840. The molecule has 1 spiro atoms. The topological polar surface area (TPSA) is 101 Å². The Kier molecular flexibility index (Phi) is 5.59.